The van der Waals surface area contributed by atoms with Crippen LogP contribution in [-0.4, -0.2) is 68.9 Å². The third-order valence-corrected chi connectivity index (χ3v) is 10.3. The molecule has 0 radical (unpaired) electrons. The van der Waals surface area contributed by atoms with Crippen molar-refractivity contribution in [2.24, 2.45) is 4.99 Å². The monoisotopic (exact) mass is 753 g/mol. The Kier molecular flexibility index (Phi) is 11.1. The highest BCUT2D eigenvalue weighted by Gasteiger charge is 2.27. The van der Waals surface area contributed by atoms with Crippen molar-refractivity contribution < 1.29 is 18.9 Å². The van der Waals surface area contributed by atoms with Crippen LogP contribution < -0.4 is 16.0 Å². The van der Waals surface area contributed by atoms with Gasteiger partial charge in [0.25, 0.3) is 11.7 Å². The molecule has 7 rings (SSSR count). The van der Waals surface area contributed by atoms with E-state index in [4.69, 9.17) is 9.93 Å². The lowest BCUT2D eigenvalue weighted by Gasteiger charge is -2.29. The number of hydrogen-bond donors (Lipinski definition) is 5. The third kappa shape index (κ3) is 8.84. The van der Waals surface area contributed by atoms with Crippen molar-refractivity contribution in [1.29, 1.82) is 5.41 Å². The second-order valence-corrected chi connectivity index (χ2v) is 15.5. The lowest BCUT2D eigenvalue weighted by atomic mass is 9.95. The van der Waals surface area contributed by atoms with E-state index in [2.05, 4.69) is 77.4 Å². The summed E-state index contributed by atoms with van der Waals surface area (Å²) in [5.74, 6) is -0.480. The second kappa shape index (κ2) is 16.3. The van der Waals surface area contributed by atoms with E-state index in [0.29, 0.717) is 31.0 Å². The smallest absolute Gasteiger partial charge is 0.292 e. The number of carbonyl (C=O) groups is 3. The van der Waals surface area contributed by atoms with Crippen molar-refractivity contribution in [3.63, 3.8) is 0 Å². The SMILES string of the molecule is Cc1cc(C(=NC=N)c2cc(-c3ccc4c(c3)CN(CCc3ccc(NC5CCC(=O)NC5=O)cc3)CC4)c[nH]2)ccc1CNC(=O)c1noc(C(C)(C)C)n1. The van der Waals surface area contributed by atoms with Gasteiger partial charge in [-0.25, -0.2) is 4.99 Å². The van der Waals surface area contributed by atoms with Gasteiger partial charge in [-0.3, -0.25) is 30.0 Å². The minimum Gasteiger partial charge on any atom is -0.374 e. The third-order valence-electron chi connectivity index (χ3n) is 10.3. The van der Waals surface area contributed by atoms with Gasteiger partial charge in [0, 0.05) is 55.5 Å². The molecule has 5 N–H and O–H groups in total. The summed E-state index contributed by atoms with van der Waals surface area (Å²) < 4.78 is 5.26. The molecule has 2 aliphatic heterocycles. The van der Waals surface area contributed by atoms with E-state index in [1.165, 1.54) is 16.7 Å². The molecule has 1 unspecified atom stereocenters. The number of aromatic amines is 1. The summed E-state index contributed by atoms with van der Waals surface area (Å²) in [4.78, 5) is 50.9. The number of piperidine rings is 1. The number of imide groups is 1. The van der Waals surface area contributed by atoms with E-state index < -0.39 is 11.9 Å². The first kappa shape index (κ1) is 38.1. The summed E-state index contributed by atoms with van der Waals surface area (Å²) in [6, 6.07) is 22.5. The van der Waals surface area contributed by atoms with Gasteiger partial charge in [-0.2, -0.15) is 4.98 Å². The number of fused-ring (bicyclic) bond motifs is 1. The predicted octanol–water partition coefficient (Wildman–Crippen LogP) is 5.86. The molecule has 13 heteroatoms. The fourth-order valence-electron chi connectivity index (χ4n) is 7.05. The number of aromatic nitrogens is 3. The Hall–Kier alpha value is -6.21. The van der Waals surface area contributed by atoms with Gasteiger partial charge < -0.3 is 20.1 Å². The number of aliphatic imine (C=N–C) groups is 1. The molecule has 1 atom stereocenters. The lowest BCUT2D eigenvalue weighted by molar-refractivity contribution is -0.133. The van der Waals surface area contributed by atoms with Crippen LogP contribution in [0.5, 0.6) is 0 Å². The number of carbonyl (C=O) groups excluding carboxylic acids is 3. The van der Waals surface area contributed by atoms with Crippen LogP contribution in [0.4, 0.5) is 5.69 Å². The molecule has 3 aromatic carbocycles. The zero-order valence-corrected chi connectivity index (χ0v) is 32.2. The predicted molar refractivity (Wildman–Crippen MR) is 215 cm³/mol. The summed E-state index contributed by atoms with van der Waals surface area (Å²) in [6.07, 6.45) is 5.79. The Morgan fingerprint density at radius 3 is 2.59 bits per heavy atom. The first-order valence-corrected chi connectivity index (χ1v) is 18.9. The summed E-state index contributed by atoms with van der Waals surface area (Å²) in [7, 11) is 0. The van der Waals surface area contributed by atoms with E-state index in [0.717, 1.165) is 78.0 Å². The molecule has 288 valence electrons. The summed E-state index contributed by atoms with van der Waals surface area (Å²) in [6.45, 7) is 10.9. The molecular weight excluding hydrogens is 707 g/mol. The van der Waals surface area contributed by atoms with E-state index in [1.54, 1.807) is 0 Å². The van der Waals surface area contributed by atoms with E-state index >= 15 is 0 Å². The van der Waals surface area contributed by atoms with Gasteiger partial charge in [-0.1, -0.05) is 62.3 Å². The van der Waals surface area contributed by atoms with Crippen molar-refractivity contribution in [2.45, 2.75) is 77.9 Å². The topological polar surface area (TPSA) is 181 Å². The number of H-pyrrole nitrogens is 1. The number of hydrogen-bond acceptors (Lipinski definition) is 9. The van der Waals surface area contributed by atoms with Crippen molar-refractivity contribution in [3.8, 4) is 11.1 Å². The minimum absolute atomic E-state index is 0.00526. The highest BCUT2D eigenvalue weighted by Crippen LogP contribution is 2.28. The van der Waals surface area contributed by atoms with Gasteiger partial charge in [0.1, 0.15) is 12.4 Å². The molecule has 0 spiro atoms. The molecule has 3 amide bonds. The van der Waals surface area contributed by atoms with E-state index in [1.807, 2.05) is 64.2 Å². The molecule has 0 bridgehead atoms. The van der Waals surface area contributed by atoms with Crippen LogP contribution in [0.1, 0.15) is 89.2 Å². The zero-order valence-electron chi connectivity index (χ0n) is 32.2. The van der Waals surface area contributed by atoms with E-state index in [-0.39, 0.29) is 23.1 Å². The average molecular weight is 754 g/mol. The Labute approximate surface area is 325 Å². The van der Waals surface area contributed by atoms with Crippen LogP contribution in [0.3, 0.4) is 0 Å². The second-order valence-electron chi connectivity index (χ2n) is 15.5. The Bertz CT molecular complexity index is 2300. The number of aryl methyl sites for hydroxylation is 1. The number of nitrogens with one attached hydrogen (secondary N) is 5. The normalized spacial score (nSPS) is 16.3. The minimum atomic E-state index is -0.405. The molecule has 2 aliphatic rings. The molecule has 0 saturated carbocycles. The molecule has 1 saturated heterocycles. The molecular formula is C43H47N9O4. The van der Waals surface area contributed by atoms with Gasteiger partial charge in [0.15, 0.2) is 0 Å². The standard InChI is InChI=1S/C43H47N9O4/c1-26-19-30(9-10-31(26)22-46-41(55)39-50-42(56-51-39)43(2,3)4)38(47-25-44)36-21-32(23-45-36)29-8-7-28-16-18-52(24-33(28)20-29)17-15-27-5-11-34(12-6-27)48-35-13-14-37(53)49-40(35)54/h5-12,19-21,23,25,35,44-45,48H,13-18,22,24H2,1-4H3,(H,46,55)(H,49,53,54). The maximum Gasteiger partial charge on any atom is 0.292 e. The zero-order chi connectivity index (χ0) is 39.4. The van der Waals surface area contributed by atoms with E-state index in [9.17, 15) is 14.4 Å². The molecule has 56 heavy (non-hydrogen) atoms. The Morgan fingerprint density at radius 2 is 1.86 bits per heavy atom. The fourth-order valence-corrected chi connectivity index (χ4v) is 7.05. The van der Waals surface area contributed by atoms with Crippen LogP contribution in [0.15, 0.2) is 82.4 Å². The van der Waals surface area contributed by atoms with Crippen LogP contribution >= 0.6 is 0 Å². The number of rotatable bonds is 12. The lowest BCUT2D eigenvalue weighted by Crippen LogP contribution is -2.47. The number of nitrogens with zero attached hydrogens (tertiary/aromatic N) is 4. The number of anilines is 1. The molecule has 1 fully saturated rings. The average Bonchev–Trinajstić information content (AvgIpc) is 3.89. The van der Waals surface area contributed by atoms with Gasteiger partial charge in [-0.15, -0.1) is 0 Å². The van der Waals surface area contributed by atoms with Crippen molar-refractivity contribution in [2.75, 3.05) is 18.4 Å². The van der Waals surface area contributed by atoms with Gasteiger partial charge >= 0.3 is 0 Å². The molecule has 13 nitrogen and oxygen atoms in total. The Morgan fingerprint density at radius 1 is 1.04 bits per heavy atom. The largest absolute Gasteiger partial charge is 0.374 e. The number of amides is 3. The quantitative estimate of drug-likeness (QED) is 0.0597. The summed E-state index contributed by atoms with van der Waals surface area (Å²) in [5.41, 5.74) is 10.8. The van der Waals surface area contributed by atoms with Crippen molar-refractivity contribution >= 4 is 35.5 Å². The van der Waals surface area contributed by atoms with Crippen molar-refractivity contribution in [1.82, 2.24) is 30.7 Å². The van der Waals surface area contributed by atoms with Crippen LogP contribution in [0.25, 0.3) is 11.1 Å². The van der Waals surface area contributed by atoms with Crippen LogP contribution in [0, 0.1) is 12.3 Å². The highest BCUT2D eigenvalue weighted by atomic mass is 16.5. The van der Waals surface area contributed by atoms with Gasteiger partial charge in [-0.05, 0) is 95.5 Å². The van der Waals surface area contributed by atoms with Crippen LogP contribution in [-0.2, 0) is 40.9 Å². The first-order valence-electron chi connectivity index (χ1n) is 18.9. The molecule has 5 aromatic rings. The summed E-state index contributed by atoms with van der Waals surface area (Å²) in [5, 5.41) is 20.2. The fraction of sp³-hybridized carbons (Fsp3) is 0.326. The number of benzene rings is 3. The highest BCUT2D eigenvalue weighted by molar-refractivity contribution is 6.14. The summed E-state index contributed by atoms with van der Waals surface area (Å²) >= 11 is 0. The molecule has 0 aliphatic carbocycles. The molecule has 2 aromatic heterocycles. The maximum atomic E-state index is 12.7. The van der Waals surface area contributed by atoms with Gasteiger partial charge in [0.2, 0.25) is 17.7 Å². The first-order chi connectivity index (χ1) is 26.9. The van der Waals surface area contributed by atoms with Gasteiger partial charge in [0.05, 0.1) is 11.4 Å². The Balaban J connectivity index is 0.963. The molecule has 4 heterocycles. The maximum absolute atomic E-state index is 12.7. The van der Waals surface area contributed by atoms with Crippen LogP contribution in [0.2, 0.25) is 0 Å². The van der Waals surface area contributed by atoms with Crippen molar-refractivity contribution in [3.05, 3.63) is 124 Å².